The third kappa shape index (κ3) is 4.34. The molecule has 0 bridgehead atoms. The molecule has 0 radical (unpaired) electrons. The lowest BCUT2D eigenvalue weighted by atomic mass is 10.3. The molecule has 0 fully saturated rings. The SMILES string of the molecule is CCN(CC)CCNc1c(Cl)cc(F)cc1Cl. The second-order valence-electron chi connectivity index (χ2n) is 3.70. The molecule has 0 spiro atoms. The Bertz CT molecular complexity index is 345. The fourth-order valence-corrected chi connectivity index (χ4v) is 2.18. The molecule has 96 valence electrons. The number of hydrogen-bond donors (Lipinski definition) is 1. The Morgan fingerprint density at radius 1 is 1.18 bits per heavy atom. The van der Waals surface area contributed by atoms with E-state index in [0.29, 0.717) is 15.7 Å². The van der Waals surface area contributed by atoms with Gasteiger partial charge in [-0.15, -0.1) is 0 Å². The van der Waals surface area contributed by atoms with Crippen LogP contribution < -0.4 is 5.32 Å². The third-order valence-corrected chi connectivity index (χ3v) is 3.23. The number of anilines is 1. The van der Waals surface area contributed by atoms with Gasteiger partial charge < -0.3 is 10.2 Å². The van der Waals surface area contributed by atoms with E-state index < -0.39 is 5.82 Å². The Morgan fingerprint density at radius 3 is 2.18 bits per heavy atom. The van der Waals surface area contributed by atoms with Gasteiger partial charge in [-0.2, -0.15) is 0 Å². The summed E-state index contributed by atoms with van der Waals surface area (Å²) in [5.41, 5.74) is 0.599. The summed E-state index contributed by atoms with van der Waals surface area (Å²) in [6.07, 6.45) is 0. The summed E-state index contributed by atoms with van der Waals surface area (Å²) in [5, 5.41) is 3.76. The van der Waals surface area contributed by atoms with Gasteiger partial charge in [-0.25, -0.2) is 4.39 Å². The van der Waals surface area contributed by atoms with Gasteiger partial charge in [0.15, 0.2) is 0 Å². The van der Waals surface area contributed by atoms with Gasteiger partial charge in [0.25, 0.3) is 0 Å². The number of likely N-dealkylation sites (N-methyl/N-ethyl adjacent to an activating group) is 1. The Hall–Kier alpha value is -0.510. The molecule has 5 heteroatoms. The Kier molecular flexibility index (Phi) is 6.03. The zero-order chi connectivity index (χ0) is 12.8. The highest BCUT2D eigenvalue weighted by Gasteiger charge is 2.08. The standard InChI is InChI=1S/C12H17Cl2FN2/c1-3-17(4-2)6-5-16-12-10(13)7-9(15)8-11(12)14/h7-8,16H,3-6H2,1-2H3. The van der Waals surface area contributed by atoms with E-state index in [4.69, 9.17) is 23.2 Å². The minimum atomic E-state index is -0.422. The van der Waals surface area contributed by atoms with E-state index in [9.17, 15) is 4.39 Å². The highest BCUT2D eigenvalue weighted by molar-refractivity contribution is 6.39. The van der Waals surface area contributed by atoms with Crippen LogP contribution in [-0.2, 0) is 0 Å². The average molecular weight is 279 g/mol. The number of nitrogens with one attached hydrogen (secondary N) is 1. The lowest BCUT2D eigenvalue weighted by molar-refractivity contribution is 0.316. The predicted octanol–water partition coefficient (Wildman–Crippen LogP) is 3.89. The summed E-state index contributed by atoms with van der Waals surface area (Å²) in [5.74, 6) is -0.422. The van der Waals surface area contributed by atoms with E-state index in [1.165, 1.54) is 12.1 Å². The molecule has 2 nitrogen and oxygen atoms in total. The Balaban J connectivity index is 2.58. The van der Waals surface area contributed by atoms with Gasteiger partial charge in [-0.05, 0) is 25.2 Å². The lowest BCUT2D eigenvalue weighted by Crippen LogP contribution is -2.28. The number of rotatable bonds is 6. The first-order valence-corrected chi connectivity index (χ1v) is 6.44. The fourth-order valence-electron chi connectivity index (χ4n) is 1.59. The van der Waals surface area contributed by atoms with Crippen LogP contribution in [0.5, 0.6) is 0 Å². The van der Waals surface area contributed by atoms with E-state index in [-0.39, 0.29) is 0 Å². The first-order chi connectivity index (χ1) is 8.08. The minimum Gasteiger partial charge on any atom is -0.381 e. The smallest absolute Gasteiger partial charge is 0.126 e. The van der Waals surface area contributed by atoms with E-state index in [1.807, 2.05) is 0 Å². The second kappa shape index (κ2) is 7.04. The van der Waals surface area contributed by atoms with Crippen molar-refractivity contribution in [2.24, 2.45) is 0 Å². The topological polar surface area (TPSA) is 15.3 Å². The van der Waals surface area contributed by atoms with Gasteiger partial charge in [0.05, 0.1) is 15.7 Å². The highest BCUT2D eigenvalue weighted by atomic mass is 35.5. The quantitative estimate of drug-likeness (QED) is 0.850. The predicted molar refractivity (Wildman–Crippen MR) is 72.7 cm³/mol. The van der Waals surface area contributed by atoms with Crippen LogP contribution in [0.2, 0.25) is 10.0 Å². The third-order valence-electron chi connectivity index (χ3n) is 2.63. The van der Waals surface area contributed by atoms with Gasteiger partial charge in [0, 0.05) is 13.1 Å². The molecule has 17 heavy (non-hydrogen) atoms. The van der Waals surface area contributed by atoms with Crippen molar-refractivity contribution >= 4 is 28.9 Å². The molecule has 0 saturated heterocycles. The van der Waals surface area contributed by atoms with Crippen molar-refractivity contribution in [1.29, 1.82) is 0 Å². The van der Waals surface area contributed by atoms with Crippen molar-refractivity contribution < 1.29 is 4.39 Å². The first kappa shape index (κ1) is 14.6. The average Bonchev–Trinajstić information content (AvgIpc) is 2.27. The summed E-state index contributed by atoms with van der Waals surface area (Å²) < 4.78 is 13.0. The lowest BCUT2D eigenvalue weighted by Gasteiger charge is -2.19. The molecule has 1 N–H and O–H groups in total. The van der Waals surface area contributed by atoms with Crippen molar-refractivity contribution in [3.05, 3.63) is 28.0 Å². The number of nitrogens with zero attached hydrogens (tertiary/aromatic N) is 1. The number of halogens is 3. The van der Waals surface area contributed by atoms with Crippen LogP contribution in [0.25, 0.3) is 0 Å². The molecule has 0 atom stereocenters. The second-order valence-corrected chi connectivity index (χ2v) is 4.51. The summed E-state index contributed by atoms with van der Waals surface area (Å²) in [6.45, 7) is 7.86. The molecule has 0 aromatic heterocycles. The van der Waals surface area contributed by atoms with Crippen molar-refractivity contribution in [1.82, 2.24) is 4.90 Å². The van der Waals surface area contributed by atoms with Crippen molar-refractivity contribution in [2.75, 3.05) is 31.5 Å². The maximum atomic E-state index is 13.0. The van der Waals surface area contributed by atoms with Gasteiger partial charge in [0.2, 0.25) is 0 Å². The normalized spacial score (nSPS) is 10.9. The summed E-state index contributed by atoms with van der Waals surface area (Å²) in [7, 11) is 0. The van der Waals surface area contributed by atoms with Crippen LogP contribution in [0.4, 0.5) is 10.1 Å². The summed E-state index contributed by atoms with van der Waals surface area (Å²) >= 11 is 11.8. The van der Waals surface area contributed by atoms with E-state index in [1.54, 1.807) is 0 Å². The van der Waals surface area contributed by atoms with E-state index in [2.05, 4.69) is 24.1 Å². The first-order valence-electron chi connectivity index (χ1n) is 5.69. The molecule has 0 unspecified atom stereocenters. The van der Waals surface area contributed by atoms with E-state index in [0.717, 1.165) is 26.2 Å². The number of hydrogen-bond acceptors (Lipinski definition) is 2. The van der Waals surface area contributed by atoms with Gasteiger partial charge in [-0.1, -0.05) is 37.0 Å². The van der Waals surface area contributed by atoms with Crippen LogP contribution >= 0.6 is 23.2 Å². The van der Waals surface area contributed by atoms with Crippen LogP contribution in [0.3, 0.4) is 0 Å². The largest absolute Gasteiger partial charge is 0.381 e. The molecule has 0 aliphatic rings. The van der Waals surface area contributed by atoms with Gasteiger partial charge in [-0.3, -0.25) is 0 Å². The van der Waals surface area contributed by atoms with Crippen molar-refractivity contribution in [2.45, 2.75) is 13.8 Å². The fraction of sp³-hybridized carbons (Fsp3) is 0.500. The van der Waals surface area contributed by atoms with Crippen molar-refractivity contribution in [3.8, 4) is 0 Å². The molecule has 1 aromatic carbocycles. The highest BCUT2D eigenvalue weighted by Crippen LogP contribution is 2.31. The molecular weight excluding hydrogens is 262 g/mol. The maximum Gasteiger partial charge on any atom is 0.126 e. The minimum absolute atomic E-state index is 0.314. The van der Waals surface area contributed by atoms with Crippen LogP contribution in [-0.4, -0.2) is 31.1 Å². The zero-order valence-corrected chi connectivity index (χ0v) is 11.6. The van der Waals surface area contributed by atoms with Crippen LogP contribution in [0, 0.1) is 5.82 Å². The van der Waals surface area contributed by atoms with Gasteiger partial charge in [0.1, 0.15) is 5.82 Å². The summed E-state index contributed by atoms with van der Waals surface area (Å²) in [4.78, 5) is 2.28. The van der Waals surface area contributed by atoms with Gasteiger partial charge >= 0.3 is 0 Å². The molecule has 1 aromatic rings. The molecule has 0 aliphatic carbocycles. The Morgan fingerprint density at radius 2 is 1.71 bits per heavy atom. The van der Waals surface area contributed by atoms with Crippen LogP contribution in [0.1, 0.15) is 13.8 Å². The van der Waals surface area contributed by atoms with Crippen molar-refractivity contribution in [3.63, 3.8) is 0 Å². The van der Waals surface area contributed by atoms with E-state index >= 15 is 0 Å². The number of benzene rings is 1. The monoisotopic (exact) mass is 278 g/mol. The molecule has 0 saturated carbocycles. The molecule has 1 rings (SSSR count). The zero-order valence-electron chi connectivity index (χ0n) is 10.1. The molecule has 0 amide bonds. The molecule has 0 aliphatic heterocycles. The maximum absolute atomic E-state index is 13.0. The molecule has 0 heterocycles. The summed E-state index contributed by atoms with van der Waals surface area (Å²) in [6, 6.07) is 2.51. The Labute approximate surface area is 112 Å². The van der Waals surface area contributed by atoms with Crippen LogP contribution in [0.15, 0.2) is 12.1 Å². The molecular formula is C12H17Cl2FN2.